The summed E-state index contributed by atoms with van der Waals surface area (Å²) in [7, 11) is 1.91. The minimum Gasteiger partial charge on any atom is -0.343 e. The molecule has 0 spiro atoms. The molecule has 2 rings (SSSR count). The van der Waals surface area contributed by atoms with Gasteiger partial charge in [-0.25, -0.2) is 0 Å². The van der Waals surface area contributed by atoms with Gasteiger partial charge in [-0.15, -0.1) is 12.4 Å². The number of hydrogen-bond donors (Lipinski definition) is 1. The van der Waals surface area contributed by atoms with Crippen LogP contribution in [0.25, 0.3) is 0 Å². The van der Waals surface area contributed by atoms with Crippen LogP contribution in [0.2, 0.25) is 0 Å². The van der Waals surface area contributed by atoms with Gasteiger partial charge in [-0.2, -0.15) is 0 Å². The van der Waals surface area contributed by atoms with Crippen LogP contribution >= 0.6 is 12.4 Å². The number of rotatable bonds is 4. The molecule has 0 bridgehead atoms. The maximum atomic E-state index is 12.2. The van der Waals surface area contributed by atoms with Crippen molar-refractivity contribution in [2.75, 3.05) is 7.05 Å². The standard InChI is InChI=1S/C15H22N2O.ClH/c1-17(13-9-5-6-10-13)15(18)11-14(16)12-7-3-2-4-8-12;/h2-4,7-8,13-14H,5-6,9-11,16H2,1H3;1H. The van der Waals surface area contributed by atoms with Crippen molar-refractivity contribution in [3.63, 3.8) is 0 Å². The zero-order valence-electron chi connectivity index (χ0n) is 11.4. The second-order valence-corrected chi connectivity index (χ2v) is 5.16. The van der Waals surface area contributed by atoms with Crippen molar-refractivity contribution in [3.05, 3.63) is 35.9 Å². The maximum absolute atomic E-state index is 12.2. The second kappa shape index (κ2) is 7.51. The van der Waals surface area contributed by atoms with Crippen molar-refractivity contribution in [2.45, 2.75) is 44.2 Å². The van der Waals surface area contributed by atoms with E-state index >= 15 is 0 Å². The Morgan fingerprint density at radius 1 is 1.32 bits per heavy atom. The van der Waals surface area contributed by atoms with Crippen molar-refractivity contribution in [1.82, 2.24) is 4.90 Å². The average Bonchev–Trinajstić information content (AvgIpc) is 2.92. The Kier molecular flexibility index (Phi) is 6.32. The highest BCUT2D eigenvalue weighted by Gasteiger charge is 2.24. The lowest BCUT2D eigenvalue weighted by atomic mass is 10.0. The Balaban J connectivity index is 0.00000180. The summed E-state index contributed by atoms with van der Waals surface area (Å²) in [5.74, 6) is 0.165. The molecule has 106 valence electrons. The third-order valence-corrected chi connectivity index (χ3v) is 3.89. The highest BCUT2D eigenvalue weighted by Crippen LogP contribution is 2.24. The molecule has 0 radical (unpaired) electrons. The smallest absolute Gasteiger partial charge is 0.224 e. The Morgan fingerprint density at radius 3 is 2.47 bits per heavy atom. The number of amides is 1. The normalized spacial score (nSPS) is 16.7. The fraction of sp³-hybridized carbons (Fsp3) is 0.533. The molecule has 1 unspecified atom stereocenters. The molecule has 0 aliphatic heterocycles. The van der Waals surface area contributed by atoms with E-state index < -0.39 is 0 Å². The van der Waals surface area contributed by atoms with E-state index in [0.717, 1.165) is 18.4 Å². The quantitative estimate of drug-likeness (QED) is 0.923. The van der Waals surface area contributed by atoms with Crippen LogP contribution in [0.5, 0.6) is 0 Å². The van der Waals surface area contributed by atoms with Crippen LogP contribution in [0.1, 0.15) is 43.7 Å². The minimum atomic E-state index is -0.192. The molecule has 1 atom stereocenters. The van der Waals surface area contributed by atoms with E-state index in [9.17, 15) is 4.79 Å². The van der Waals surface area contributed by atoms with Crippen molar-refractivity contribution >= 4 is 18.3 Å². The topological polar surface area (TPSA) is 46.3 Å². The van der Waals surface area contributed by atoms with E-state index in [4.69, 9.17) is 5.73 Å². The fourth-order valence-corrected chi connectivity index (χ4v) is 2.65. The number of benzene rings is 1. The van der Waals surface area contributed by atoms with E-state index in [1.807, 2.05) is 42.3 Å². The molecule has 1 aromatic rings. The molecule has 0 heterocycles. The summed E-state index contributed by atoms with van der Waals surface area (Å²) in [5, 5.41) is 0. The van der Waals surface area contributed by atoms with Crippen LogP contribution in [0.3, 0.4) is 0 Å². The van der Waals surface area contributed by atoms with E-state index in [0.29, 0.717) is 12.5 Å². The van der Waals surface area contributed by atoms with Gasteiger partial charge in [0.1, 0.15) is 0 Å². The van der Waals surface area contributed by atoms with Crippen molar-refractivity contribution in [1.29, 1.82) is 0 Å². The summed E-state index contributed by atoms with van der Waals surface area (Å²) in [6.07, 6.45) is 5.17. The van der Waals surface area contributed by atoms with Gasteiger partial charge in [0.2, 0.25) is 5.91 Å². The fourth-order valence-electron chi connectivity index (χ4n) is 2.65. The van der Waals surface area contributed by atoms with E-state index in [1.54, 1.807) is 0 Å². The summed E-state index contributed by atoms with van der Waals surface area (Å²) < 4.78 is 0. The molecule has 1 saturated carbocycles. The van der Waals surface area contributed by atoms with E-state index in [2.05, 4.69) is 0 Å². The van der Waals surface area contributed by atoms with Crippen LogP contribution in [0.15, 0.2) is 30.3 Å². The average molecular weight is 283 g/mol. The summed E-state index contributed by atoms with van der Waals surface area (Å²) in [6.45, 7) is 0. The van der Waals surface area contributed by atoms with Gasteiger partial charge in [0.25, 0.3) is 0 Å². The molecular formula is C15H23ClN2O. The predicted octanol–water partition coefficient (Wildman–Crippen LogP) is 2.90. The van der Waals surface area contributed by atoms with Crippen LogP contribution in [0, 0.1) is 0 Å². The second-order valence-electron chi connectivity index (χ2n) is 5.16. The molecule has 1 aliphatic carbocycles. The van der Waals surface area contributed by atoms with Gasteiger partial charge in [0.15, 0.2) is 0 Å². The molecule has 4 heteroatoms. The van der Waals surface area contributed by atoms with Crippen LogP contribution in [-0.2, 0) is 4.79 Å². The molecule has 0 saturated heterocycles. The minimum absolute atomic E-state index is 0. The first-order valence-corrected chi connectivity index (χ1v) is 6.74. The molecule has 1 fully saturated rings. The lowest BCUT2D eigenvalue weighted by Gasteiger charge is -2.25. The first-order chi connectivity index (χ1) is 8.68. The lowest BCUT2D eigenvalue weighted by Crippen LogP contribution is -2.36. The van der Waals surface area contributed by atoms with Crippen LogP contribution in [-0.4, -0.2) is 23.9 Å². The Morgan fingerprint density at radius 2 is 1.89 bits per heavy atom. The third kappa shape index (κ3) is 4.22. The first-order valence-electron chi connectivity index (χ1n) is 6.74. The van der Waals surface area contributed by atoms with Crippen molar-refractivity contribution in [3.8, 4) is 0 Å². The number of carbonyl (C=O) groups excluding carboxylic acids is 1. The largest absolute Gasteiger partial charge is 0.343 e. The Hall–Kier alpha value is -1.06. The third-order valence-electron chi connectivity index (χ3n) is 3.89. The van der Waals surface area contributed by atoms with Crippen LogP contribution < -0.4 is 5.73 Å². The Bertz CT molecular complexity index is 390. The molecule has 1 aliphatic rings. The van der Waals surface area contributed by atoms with Gasteiger partial charge in [0.05, 0.1) is 0 Å². The molecule has 19 heavy (non-hydrogen) atoms. The predicted molar refractivity (Wildman–Crippen MR) is 80.3 cm³/mol. The lowest BCUT2D eigenvalue weighted by molar-refractivity contribution is -0.132. The molecule has 3 nitrogen and oxygen atoms in total. The van der Waals surface area contributed by atoms with Crippen LogP contribution in [0.4, 0.5) is 0 Å². The first kappa shape index (κ1) is 16.0. The summed E-state index contributed by atoms with van der Waals surface area (Å²) in [5.41, 5.74) is 7.12. The molecule has 0 aromatic heterocycles. The van der Waals surface area contributed by atoms with E-state index in [-0.39, 0.29) is 24.4 Å². The number of nitrogens with zero attached hydrogens (tertiary/aromatic N) is 1. The van der Waals surface area contributed by atoms with Gasteiger partial charge >= 0.3 is 0 Å². The summed E-state index contributed by atoms with van der Waals surface area (Å²) in [4.78, 5) is 14.1. The van der Waals surface area contributed by atoms with Gasteiger partial charge in [-0.3, -0.25) is 4.79 Å². The van der Waals surface area contributed by atoms with E-state index in [1.165, 1.54) is 12.8 Å². The molecular weight excluding hydrogens is 260 g/mol. The van der Waals surface area contributed by atoms with Crippen molar-refractivity contribution < 1.29 is 4.79 Å². The number of nitrogens with two attached hydrogens (primary N) is 1. The zero-order valence-corrected chi connectivity index (χ0v) is 12.2. The number of carbonyl (C=O) groups is 1. The summed E-state index contributed by atoms with van der Waals surface area (Å²) >= 11 is 0. The SMILES string of the molecule is CN(C(=O)CC(N)c1ccccc1)C1CCCC1.Cl. The highest BCUT2D eigenvalue weighted by molar-refractivity contribution is 5.85. The molecule has 1 aromatic carbocycles. The highest BCUT2D eigenvalue weighted by atomic mass is 35.5. The Labute approximate surface area is 121 Å². The molecule has 1 amide bonds. The van der Waals surface area contributed by atoms with Gasteiger partial charge in [-0.1, -0.05) is 43.2 Å². The summed E-state index contributed by atoms with van der Waals surface area (Å²) in [6, 6.07) is 10.1. The number of halogens is 1. The van der Waals surface area contributed by atoms with Crippen molar-refractivity contribution in [2.24, 2.45) is 5.73 Å². The van der Waals surface area contributed by atoms with Gasteiger partial charge in [0, 0.05) is 25.6 Å². The monoisotopic (exact) mass is 282 g/mol. The van der Waals surface area contributed by atoms with Gasteiger partial charge < -0.3 is 10.6 Å². The van der Waals surface area contributed by atoms with Gasteiger partial charge in [-0.05, 0) is 18.4 Å². The number of hydrogen-bond acceptors (Lipinski definition) is 2. The maximum Gasteiger partial charge on any atom is 0.224 e. The molecule has 2 N–H and O–H groups in total. The zero-order chi connectivity index (χ0) is 13.0.